The van der Waals surface area contributed by atoms with Gasteiger partial charge in [0.25, 0.3) is 5.91 Å². The minimum atomic E-state index is -0.310. The van der Waals surface area contributed by atoms with Crippen molar-refractivity contribution >= 4 is 17.5 Å². The fourth-order valence-corrected chi connectivity index (χ4v) is 2.73. The normalized spacial score (nSPS) is 10.5. The third kappa shape index (κ3) is 5.40. The summed E-state index contributed by atoms with van der Waals surface area (Å²) in [5, 5.41) is 13.3. The van der Waals surface area contributed by atoms with Gasteiger partial charge in [0.1, 0.15) is 17.2 Å². The zero-order chi connectivity index (χ0) is 18.2. The summed E-state index contributed by atoms with van der Waals surface area (Å²) in [5.41, 5.74) is 1.08. The highest BCUT2D eigenvalue weighted by Gasteiger charge is 2.14. The first-order valence-corrected chi connectivity index (χ1v) is 8.95. The van der Waals surface area contributed by atoms with Crippen molar-refractivity contribution in [2.45, 2.75) is 39.5 Å². The lowest BCUT2D eigenvalue weighted by molar-refractivity contribution is 0.0950. The Morgan fingerprint density at radius 2 is 2.00 bits per heavy atom. The quantitative estimate of drug-likeness (QED) is 0.614. The van der Waals surface area contributed by atoms with E-state index in [0.717, 1.165) is 31.2 Å². The molecule has 1 amide bonds. The fraction of sp³-hybridized carbons (Fsp3) is 0.350. The van der Waals surface area contributed by atoms with E-state index < -0.39 is 0 Å². The summed E-state index contributed by atoms with van der Waals surface area (Å²) in [5.74, 6) is 0.607. The van der Waals surface area contributed by atoms with E-state index in [1.54, 1.807) is 12.1 Å². The van der Waals surface area contributed by atoms with Crippen LogP contribution in [0, 0.1) is 6.92 Å². The molecule has 5 heteroatoms. The Morgan fingerprint density at radius 1 is 1.20 bits per heavy atom. The summed E-state index contributed by atoms with van der Waals surface area (Å²) < 4.78 is 5.82. The van der Waals surface area contributed by atoms with Gasteiger partial charge in [-0.3, -0.25) is 4.79 Å². The van der Waals surface area contributed by atoms with E-state index in [1.165, 1.54) is 12.1 Å². The van der Waals surface area contributed by atoms with E-state index in [4.69, 9.17) is 16.3 Å². The third-order valence-corrected chi connectivity index (χ3v) is 4.21. The number of hydrogen-bond donors (Lipinski definition) is 2. The highest BCUT2D eigenvalue weighted by Crippen LogP contribution is 2.34. The van der Waals surface area contributed by atoms with E-state index in [2.05, 4.69) is 12.2 Å². The van der Waals surface area contributed by atoms with Crippen molar-refractivity contribution in [3.05, 3.63) is 52.5 Å². The van der Waals surface area contributed by atoms with Crippen LogP contribution in [0.5, 0.6) is 17.2 Å². The van der Waals surface area contributed by atoms with Crippen molar-refractivity contribution in [1.29, 1.82) is 0 Å². The SMILES string of the molecule is CCCCCCNC(=O)c1cc(Oc2c(C)cccc2Cl)ccc1O. The molecular weight excluding hydrogens is 338 g/mol. The second-order valence-corrected chi connectivity index (χ2v) is 6.39. The molecular formula is C20H24ClNO3. The number of carbonyl (C=O) groups excluding carboxylic acids is 1. The number of unbranched alkanes of at least 4 members (excludes halogenated alkanes) is 3. The Morgan fingerprint density at radius 3 is 2.72 bits per heavy atom. The van der Waals surface area contributed by atoms with E-state index >= 15 is 0 Å². The van der Waals surface area contributed by atoms with Crippen molar-refractivity contribution < 1.29 is 14.6 Å². The molecule has 0 unspecified atom stereocenters. The summed E-state index contributed by atoms with van der Waals surface area (Å²) in [6.45, 7) is 4.63. The predicted molar refractivity (Wildman–Crippen MR) is 101 cm³/mol. The van der Waals surface area contributed by atoms with Crippen molar-refractivity contribution in [3.63, 3.8) is 0 Å². The van der Waals surface area contributed by atoms with Crippen LogP contribution in [0.2, 0.25) is 5.02 Å². The van der Waals surface area contributed by atoms with Gasteiger partial charge >= 0.3 is 0 Å². The number of amides is 1. The molecule has 0 saturated carbocycles. The zero-order valence-electron chi connectivity index (χ0n) is 14.6. The van der Waals surface area contributed by atoms with Crippen LogP contribution in [-0.2, 0) is 0 Å². The average Bonchev–Trinajstić information content (AvgIpc) is 2.59. The number of ether oxygens (including phenoxy) is 1. The van der Waals surface area contributed by atoms with Gasteiger partial charge in [0, 0.05) is 6.54 Å². The molecule has 0 radical (unpaired) electrons. The van der Waals surface area contributed by atoms with Gasteiger partial charge in [-0.05, 0) is 43.2 Å². The minimum Gasteiger partial charge on any atom is -0.507 e. The number of hydrogen-bond acceptors (Lipinski definition) is 3. The number of nitrogens with one attached hydrogen (secondary N) is 1. The molecule has 2 aromatic carbocycles. The molecule has 0 saturated heterocycles. The largest absolute Gasteiger partial charge is 0.507 e. The number of phenolic OH excluding ortho intramolecular Hbond substituents is 1. The van der Waals surface area contributed by atoms with Gasteiger partial charge in [0.2, 0.25) is 0 Å². The van der Waals surface area contributed by atoms with Crippen LogP contribution in [-0.4, -0.2) is 17.6 Å². The van der Waals surface area contributed by atoms with E-state index in [1.807, 2.05) is 19.1 Å². The van der Waals surface area contributed by atoms with Gasteiger partial charge in [-0.15, -0.1) is 0 Å². The molecule has 0 aliphatic carbocycles. The Kier molecular flexibility index (Phi) is 7.14. The Labute approximate surface area is 153 Å². The molecule has 2 N–H and O–H groups in total. The molecule has 2 rings (SSSR count). The van der Waals surface area contributed by atoms with Crippen molar-refractivity contribution in [2.24, 2.45) is 0 Å². The number of aryl methyl sites for hydroxylation is 1. The van der Waals surface area contributed by atoms with Gasteiger partial charge in [-0.25, -0.2) is 0 Å². The average molecular weight is 362 g/mol. The topological polar surface area (TPSA) is 58.6 Å². The van der Waals surface area contributed by atoms with Crippen LogP contribution in [0.15, 0.2) is 36.4 Å². The van der Waals surface area contributed by atoms with E-state index in [-0.39, 0.29) is 17.2 Å². The van der Waals surface area contributed by atoms with Crippen LogP contribution in [0.25, 0.3) is 0 Å². The molecule has 4 nitrogen and oxygen atoms in total. The number of para-hydroxylation sites is 1. The van der Waals surface area contributed by atoms with Crippen molar-refractivity contribution in [1.82, 2.24) is 5.32 Å². The van der Waals surface area contributed by atoms with Crippen LogP contribution in [0.4, 0.5) is 0 Å². The molecule has 0 aromatic heterocycles. The summed E-state index contributed by atoms with van der Waals surface area (Å²) >= 11 is 6.17. The smallest absolute Gasteiger partial charge is 0.255 e. The maximum absolute atomic E-state index is 12.3. The van der Waals surface area contributed by atoms with Crippen LogP contribution in [0.3, 0.4) is 0 Å². The Hall–Kier alpha value is -2.20. The molecule has 0 bridgehead atoms. The predicted octanol–water partition coefficient (Wildman–Crippen LogP) is 5.46. The number of halogens is 1. The molecule has 0 heterocycles. The minimum absolute atomic E-state index is 0.0747. The van der Waals surface area contributed by atoms with Gasteiger partial charge in [-0.1, -0.05) is 49.9 Å². The van der Waals surface area contributed by atoms with Crippen LogP contribution < -0.4 is 10.1 Å². The monoisotopic (exact) mass is 361 g/mol. The number of benzene rings is 2. The molecule has 0 fully saturated rings. The van der Waals surface area contributed by atoms with Gasteiger partial charge in [0.15, 0.2) is 0 Å². The highest BCUT2D eigenvalue weighted by atomic mass is 35.5. The number of rotatable bonds is 8. The first-order valence-electron chi connectivity index (χ1n) is 8.57. The third-order valence-electron chi connectivity index (χ3n) is 3.91. The molecule has 0 aliphatic rings. The summed E-state index contributed by atoms with van der Waals surface area (Å²) in [7, 11) is 0. The Balaban J connectivity index is 2.08. The van der Waals surface area contributed by atoms with Crippen LogP contribution >= 0.6 is 11.6 Å². The number of carbonyl (C=O) groups is 1. The number of aromatic hydroxyl groups is 1. The zero-order valence-corrected chi connectivity index (χ0v) is 15.4. The second kappa shape index (κ2) is 9.33. The molecule has 0 spiro atoms. The van der Waals surface area contributed by atoms with Crippen LogP contribution in [0.1, 0.15) is 48.5 Å². The maximum Gasteiger partial charge on any atom is 0.255 e. The second-order valence-electron chi connectivity index (χ2n) is 5.98. The standard InChI is InChI=1S/C20H24ClNO3/c1-3-4-5-6-12-22-20(24)16-13-15(10-11-18(16)23)25-19-14(2)8-7-9-17(19)21/h7-11,13,23H,3-6,12H2,1-2H3,(H,22,24). The molecule has 0 atom stereocenters. The lowest BCUT2D eigenvalue weighted by Gasteiger charge is -2.12. The van der Waals surface area contributed by atoms with Gasteiger partial charge in [-0.2, -0.15) is 0 Å². The van der Waals surface area contributed by atoms with Crippen molar-refractivity contribution in [2.75, 3.05) is 6.54 Å². The summed E-state index contributed by atoms with van der Waals surface area (Å²) in [6, 6.07) is 10.1. The number of phenols is 1. The molecule has 2 aromatic rings. The van der Waals surface area contributed by atoms with E-state index in [0.29, 0.717) is 23.1 Å². The summed E-state index contributed by atoms with van der Waals surface area (Å²) in [6.07, 6.45) is 4.31. The van der Waals surface area contributed by atoms with Gasteiger partial charge in [0.05, 0.1) is 10.6 Å². The maximum atomic E-state index is 12.3. The molecule has 25 heavy (non-hydrogen) atoms. The first kappa shape index (κ1) is 19.1. The van der Waals surface area contributed by atoms with Gasteiger partial charge < -0.3 is 15.2 Å². The van der Waals surface area contributed by atoms with Crippen molar-refractivity contribution in [3.8, 4) is 17.2 Å². The Bertz CT molecular complexity index is 711. The lowest BCUT2D eigenvalue weighted by Crippen LogP contribution is -2.24. The molecule has 134 valence electrons. The first-order chi connectivity index (χ1) is 12.0. The van der Waals surface area contributed by atoms with E-state index in [9.17, 15) is 9.90 Å². The highest BCUT2D eigenvalue weighted by molar-refractivity contribution is 6.32. The lowest BCUT2D eigenvalue weighted by atomic mass is 10.1. The fourth-order valence-electron chi connectivity index (χ4n) is 2.47. The summed E-state index contributed by atoms with van der Waals surface area (Å²) in [4.78, 5) is 12.3. The molecule has 0 aliphatic heterocycles.